The molecule has 1 rings (SSSR count). The monoisotopic (exact) mass is 562 g/mol. The number of unbranched alkanes of at least 4 members (excludes halogenated alkanes) is 1. The number of nitrogens with two attached hydrogens (primary N) is 4. The second kappa shape index (κ2) is 18.6. The molecular weight excluding hydrogens is 516 g/mol. The average Bonchev–Trinajstić information content (AvgIpc) is 2.89. The number of carbonyl (C=O) groups excluding carboxylic acids is 3. The lowest BCUT2D eigenvalue weighted by Crippen LogP contribution is -2.57. The number of amides is 3. The summed E-state index contributed by atoms with van der Waals surface area (Å²) in [4.78, 5) is 55.0. The molecule has 0 fully saturated rings. The predicted molar refractivity (Wildman–Crippen MR) is 154 cm³/mol. The van der Waals surface area contributed by atoms with Gasteiger partial charge in [-0.25, -0.2) is 4.79 Å². The van der Waals surface area contributed by atoms with Crippen molar-refractivity contribution in [3.05, 3.63) is 35.9 Å². The predicted octanol–water partition coefficient (Wildman–Crippen LogP) is -0.676. The average molecular weight is 563 g/mol. The van der Waals surface area contributed by atoms with Crippen LogP contribution in [0.1, 0.15) is 57.9 Å². The van der Waals surface area contributed by atoms with Crippen LogP contribution in [0.15, 0.2) is 35.3 Å². The summed E-state index contributed by atoms with van der Waals surface area (Å²) >= 11 is 0. The fourth-order valence-corrected chi connectivity index (χ4v) is 3.99. The number of carboxylic acid groups (broad SMARTS) is 1. The Morgan fingerprint density at radius 1 is 0.850 bits per heavy atom. The number of benzene rings is 1. The molecule has 13 nitrogen and oxygen atoms in total. The highest BCUT2D eigenvalue weighted by atomic mass is 16.4. The highest BCUT2D eigenvalue weighted by Crippen LogP contribution is 2.10. The van der Waals surface area contributed by atoms with Crippen LogP contribution in [-0.2, 0) is 25.6 Å². The van der Waals surface area contributed by atoms with Gasteiger partial charge in [-0.05, 0) is 56.6 Å². The van der Waals surface area contributed by atoms with Gasteiger partial charge in [-0.1, -0.05) is 44.2 Å². The molecule has 0 saturated heterocycles. The van der Waals surface area contributed by atoms with Gasteiger partial charge in [0.1, 0.15) is 18.1 Å². The van der Waals surface area contributed by atoms with E-state index in [1.807, 2.05) is 19.9 Å². The number of carbonyl (C=O) groups is 4. The maximum Gasteiger partial charge on any atom is 0.326 e. The summed E-state index contributed by atoms with van der Waals surface area (Å²) in [7, 11) is 0. The van der Waals surface area contributed by atoms with E-state index in [0.717, 1.165) is 5.56 Å². The zero-order chi connectivity index (χ0) is 30.1. The second-order valence-corrected chi connectivity index (χ2v) is 10.2. The van der Waals surface area contributed by atoms with Gasteiger partial charge in [0.05, 0.1) is 6.04 Å². The van der Waals surface area contributed by atoms with Crippen LogP contribution in [0.25, 0.3) is 0 Å². The lowest BCUT2D eigenvalue weighted by atomic mass is 10.00. The lowest BCUT2D eigenvalue weighted by Gasteiger charge is -2.26. The minimum absolute atomic E-state index is 0.0115. The smallest absolute Gasteiger partial charge is 0.326 e. The minimum Gasteiger partial charge on any atom is -0.480 e. The zero-order valence-corrected chi connectivity index (χ0v) is 23.5. The first-order chi connectivity index (χ1) is 18.9. The van der Waals surface area contributed by atoms with E-state index in [-0.39, 0.29) is 31.1 Å². The molecule has 0 aliphatic rings. The van der Waals surface area contributed by atoms with Gasteiger partial charge in [-0.3, -0.25) is 19.4 Å². The molecule has 0 aromatic heterocycles. The molecule has 0 radical (unpaired) electrons. The molecular formula is C27H46N8O5. The van der Waals surface area contributed by atoms with Crippen molar-refractivity contribution in [2.24, 2.45) is 33.8 Å². The van der Waals surface area contributed by atoms with E-state index in [9.17, 15) is 24.3 Å². The van der Waals surface area contributed by atoms with E-state index in [2.05, 4.69) is 20.9 Å². The topological polar surface area (TPSA) is 241 Å². The Morgan fingerprint density at radius 3 is 2.02 bits per heavy atom. The third kappa shape index (κ3) is 13.9. The second-order valence-electron chi connectivity index (χ2n) is 10.2. The van der Waals surface area contributed by atoms with Crippen LogP contribution in [0.5, 0.6) is 0 Å². The van der Waals surface area contributed by atoms with E-state index in [0.29, 0.717) is 38.8 Å². The Morgan fingerprint density at radius 2 is 1.45 bits per heavy atom. The van der Waals surface area contributed by atoms with Crippen molar-refractivity contribution in [1.82, 2.24) is 16.0 Å². The van der Waals surface area contributed by atoms with Gasteiger partial charge in [-0.2, -0.15) is 0 Å². The summed E-state index contributed by atoms with van der Waals surface area (Å²) in [6, 6.07) is 4.90. The van der Waals surface area contributed by atoms with E-state index in [4.69, 9.17) is 22.9 Å². The van der Waals surface area contributed by atoms with Crippen LogP contribution < -0.4 is 38.9 Å². The quantitative estimate of drug-likeness (QED) is 0.0604. The van der Waals surface area contributed by atoms with E-state index in [1.165, 1.54) is 0 Å². The number of rotatable bonds is 19. The Kier molecular flexibility index (Phi) is 15.9. The number of hydrogen-bond donors (Lipinski definition) is 8. The van der Waals surface area contributed by atoms with Gasteiger partial charge in [0.15, 0.2) is 5.96 Å². The van der Waals surface area contributed by atoms with Crippen LogP contribution >= 0.6 is 0 Å². The third-order valence-corrected chi connectivity index (χ3v) is 6.12. The van der Waals surface area contributed by atoms with Crippen molar-refractivity contribution in [3.8, 4) is 0 Å². The number of carboxylic acids is 1. The summed E-state index contributed by atoms with van der Waals surface area (Å²) in [6.07, 6.45) is 2.62. The molecule has 0 saturated carbocycles. The molecule has 0 heterocycles. The third-order valence-electron chi connectivity index (χ3n) is 6.12. The Bertz CT molecular complexity index is 969. The maximum absolute atomic E-state index is 13.3. The Hall–Kier alpha value is -3.71. The van der Waals surface area contributed by atoms with E-state index >= 15 is 0 Å². The lowest BCUT2D eigenvalue weighted by molar-refractivity contribution is -0.142. The van der Waals surface area contributed by atoms with Gasteiger partial charge in [-0.15, -0.1) is 0 Å². The molecule has 0 aliphatic carbocycles. The van der Waals surface area contributed by atoms with Gasteiger partial charge >= 0.3 is 5.97 Å². The van der Waals surface area contributed by atoms with Crippen LogP contribution in [-0.4, -0.2) is 72.0 Å². The standard InChI is InChI=1S/C27H46N8O5/c1-17(2)15-21(25(38)35-22(26(39)40)16-18-9-4-3-5-10-18)34-24(37)20(12-6-7-13-28)33-23(36)19(29)11-8-14-32-27(30)31/h3-5,9-10,17,19-22H,6-8,11-16,28-29H2,1-2H3,(H,33,36)(H,34,37)(H,35,38)(H,39,40)(H4,30,31,32). The number of aliphatic carboxylic acids is 1. The highest BCUT2D eigenvalue weighted by Gasteiger charge is 2.30. The number of nitrogens with zero attached hydrogens (tertiary/aromatic N) is 1. The Labute approximate surface area is 235 Å². The molecule has 4 unspecified atom stereocenters. The van der Waals surface area contributed by atoms with Gasteiger partial charge in [0.2, 0.25) is 17.7 Å². The van der Waals surface area contributed by atoms with E-state index < -0.39 is 47.9 Å². The molecule has 3 amide bonds. The molecule has 13 heteroatoms. The minimum atomic E-state index is -1.19. The van der Waals surface area contributed by atoms with Crippen LogP contribution in [0.4, 0.5) is 0 Å². The summed E-state index contributed by atoms with van der Waals surface area (Å²) in [5.74, 6) is -2.92. The molecule has 12 N–H and O–H groups in total. The fourth-order valence-electron chi connectivity index (χ4n) is 3.99. The largest absolute Gasteiger partial charge is 0.480 e. The first-order valence-electron chi connectivity index (χ1n) is 13.6. The molecule has 0 aliphatic heterocycles. The van der Waals surface area contributed by atoms with Crippen molar-refractivity contribution in [1.29, 1.82) is 0 Å². The van der Waals surface area contributed by atoms with Crippen molar-refractivity contribution >= 4 is 29.7 Å². The zero-order valence-electron chi connectivity index (χ0n) is 23.5. The molecule has 0 spiro atoms. The SMILES string of the molecule is CC(C)CC(NC(=O)C(CCCCN)NC(=O)C(N)CCCN=C(N)N)C(=O)NC(Cc1ccccc1)C(=O)O. The molecule has 4 atom stereocenters. The first kappa shape index (κ1) is 34.3. The highest BCUT2D eigenvalue weighted by molar-refractivity contribution is 5.94. The van der Waals surface area contributed by atoms with Crippen molar-refractivity contribution in [2.45, 2.75) is 83.0 Å². The summed E-state index contributed by atoms with van der Waals surface area (Å²) in [6.45, 7) is 4.50. The first-order valence-corrected chi connectivity index (χ1v) is 13.6. The maximum atomic E-state index is 13.3. The van der Waals surface area contributed by atoms with Gasteiger partial charge in [0.25, 0.3) is 0 Å². The number of guanidine groups is 1. The molecule has 224 valence electrons. The Balaban J connectivity index is 2.95. The summed E-state index contributed by atoms with van der Waals surface area (Å²) in [5.41, 5.74) is 22.9. The number of nitrogens with one attached hydrogen (secondary N) is 3. The van der Waals surface area contributed by atoms with Crippen LogP contribution in [0.2, 0.25) is 0 Å². The summed E-state index contributed by atoms with van der Waals surface area (Å²) in [5, 5.41) is 17.7. The van der Waals surface area contributed by atoms with Gasteiger partial charge < -0.3 is 44.0 Å². The molecule has 1 aromatic rings. The molecule has 40 heavy (non-hydrogen) atoms. The normalized spacial score (nSPS) is 13.9. The molecule has 0 bridgehead atoms. The van der Waals surface area contributed by atoms with E-state index in [1.54, 1.807) is 24.3 Å². The van der Waals surface area contributed by atoms with Crippen molar-refractivity contribution < 1.29 is 24.3 Å². The fraction of sp³-hybridized carbons (Fsp3) is 0.593. The van der Waals surface area contributed by atoms with Crippen LogP contribution in [0.3, 0.4) is 0 Å². The number of hydrogen-bond acceptors (Lipinski definition) is 7. The van der Waals surface area contributed by atoms with Crippen molar-refractivity contribution in [3.63, 3.8) is 0 Å². The number of aliphatic imine (C=N–C) groups is 1. The molecule has 1 aromatic carbocycles. The van der Waals surface area contributed by atoms with Gasteiger partial charge in [0, 0.05) is 13.0 Å². The van der Waals surface area contributed by atoms with Crippen LogP contribution in [0, 0.1) is 5.92 Å². The summed E-state index contributed by atoms with van der Waals surface area (Å²) < 4.78 is 0. The van der Waals surface area contributed by atoms with Crippen molar-refractivity contribution in [2.75, 3.05) is 13.1 Å².